The van der Waals surface area contributed by atoms with Crippen molar-refractivity contribution in [2.75, 3.05) is 5.88 Å². The molecule has 1 heterocycles. The van der Waals surface area contributed by atoms with E-state index in [4.69, 9.17) is 11.6 Å². The third kappa shape index (κ3) is 2.19. The molecule has 3 heteroatoms. The quantitative estimate of drug-likeness (QED) is 0.703. The first-order chi connectivity index (χ1) is 7.95. The minimum absolute atomic E-state index is 0.0174. The summed E-state index contributed by atoms with van der Waals surface area (Å²) in [7, 11) is 0. The summed E-state index contributed by atoms with van der Waals surface area (Å²) in [6.45, 7) is 7.02. The number of carbonyl (C=O) groups excluding carboxylic acids is 1. The molecule has 0 bridgehead atoms. The normalized spacial score (nSPS) is 17.8. The van der Waals surface area contributed by atoms with E-state index in [2.05, 4.69) is 39.0 Å². The van der Waals surface area contributed by atoms with Crippen LogP contribution in [0.5, 0.6) is 0 Å². The Kier molecular flexibility index (Phi) is 3.17. The molecular weight excluding hydrogens is 234 g/mol. The summed E-state index contributed by atoms with van der Waals surface area (Å²) >= 11 is 5.68. The predicted molar refractivity (Wildman–Crippen MR) is 70.2 cm³/mol. The molecule has 0 radical (unpaired) electrons. The molecule has 0 aliphatic carbocycles. The number of aryl methyl sites for hydroxylation is 1. The third-order valence-corrected chi connectivity index (χ3v) is 3.82. The van der Waals surface area contributed by atoms with Crippen LogP contribution in [0.1, 0.15) is 30.5 Å². The van der Waals surface area contributed by atoms with E-state index in [0.29, 0.717) is 6.54 Å². The first-order valence-corrected chi connectivity index (χ1v) is 6.43. The van der Waals surface area contributed by atoms with Gasteiger partial charge in [0.2, 0.25) is 5.91 Å². The minimum Gasteiger partial charge on any atom is -0.332 e. The Labute approximate surface area is 108 Å². The summed E-state index contributed by atoms with van der Waals surface area (Å²) in [6, 6.07) is 6.29. The van der Waals surface area contributed by atoms with Gasteiger partial charge in [0, 0.05) is 12.1 Å². The number of nitrogens with zero attached hydrogens (tertiary/aromatic N) is 1. The molecule has 1 aliphatic heterocycles. The molecule has 2 nitrogen and oxygen atoms in total. The zero-order valence-electron chi connectivity index (χ0n) is 10.6. The lowest BCUT2D eigenvalue weighted by atomic mass is 9.83. The van der Waals surface area contributed by atoms with Crippen LogP contribution in [-0.4, -0.2) is 22.2 Å². The van der Waals surface area contributed by atoms with E-state index in [0.717, 1.165) is 6.42 Å². The van der Waals surface area contributed by atoms with Crippen molar-refractivity contribution in [3.8, 4) is 0 Å². The lowest BCUT2D eigenvalue weighted by Gasteiger charge is -2.43. The Morgan fingerprint density at radius 2 is 2.18 bits per heavy atom. The number of carbonyl (C=O) groups is 1. The molecule has 1 aromatic carbocycles. The molecule has 1 aliphatic rings. The zero-order valence-corrected chi connectivity index (χ0v) is 11.3. The molecular formula is C14H18ClNO. The van der Waals surface area contributed by atoms with Gasteiger partial charge in [0.1, 0.15) is 5.88 Å². The van der Waals surface area contributed by atoms with Gasteiger partial charge in [-0.1, -0.05) is 18.2 Å². The van der Waals surface area contributed by atoms with E-state index in [9.17, 15) is 4.79 Å². The van der Waals surface area contributed by atoms with Crippen LogP contribution in [0.2, 0.25) is 0 Å². The van der Waals surface area contributed by atoms with Crippen molar-refractivity contribution in [2.24, 2.45) is 0 Å². The standard InChI is InChI=1S/C14H18ClNO/c1-10-5-4-6-11-9-16(13(17)8-15)14(2,3)7-12(10)11/h4-6H,7-9H2,1-3H3. The first kappa shape index (κ1) is 12.4. The van der Waals surface area contributed by atoms with E-state index in [-0.39, 0.29) is 17.3 Å². The molecule has 0 atom stereocenters. The second-order valence-corrected chi connectivity index (χ2v) is 5.58. The van der Waals surface area contributed by atoms with Crippen LogP contribution in [0.25, 0.3) is 0 Å². The average molecular weight is 252 g/mol. The van der Waals surface area contributed by atoms with Crippen LogP contribution in [0, 0.1) is 6.92 Å². The van der Waals surface area contributed by atoms with E-state index >= 15 is 0 Å². The van der Waals surface area contributed by atoms with Gasteiger partial charge in [-0.3, -0.25) is 4.79 Å². The van der Waals surface area contributed by atoms with Gasteiger partial charge in [0.25, 0.3) is 0 Å². The van der Waals surface area contributed by atoms with Gasteiger partial charge in [0.05, 0.1) is 0 Å². The fourth-order valence-corrected chi connectivity index (χ4v) is 2.72. The molecule has 92 valence electrons. The van der Waals surface area contributed by atoms with Gasteiger partial charge in [-0.25, -0.2) is 0 Å². The molecule has 0 aromatic heterocycles. The molecule has 17 heavy (non-hydrogen) atoms. The Morgan fingerprint density at radius 1 is 1.47 bits per heavy atom. The van der Waals surface area contributed by atoms with Crippen molar-refractivity contribution in [1.82, 2.24) is 4.90 Å². The van der Waals surface area contributed by atoms with Gasteiger partial charge >= 0.3 is 0 Å². The van der Waals surface area contributed by atoms with Crippen molar-refractivity contribution in [1.29, 1.82) is 0 Å². The zero-order chi connectivity index (χ0) is 12.6. The maximum atomic E-state index is 11.9. The smallest absolute Gasteiger partial charge is 0.238 e. The molecule has 0 saturated carbocycles. The lowest BCUT2D eigenvalue weighted by molar-refractivity contribution is -0.135. The van der Waals surface area contributed by atoms with Crippen LogP contribution in [0.3, 0.4) is 0 Å². The summed E-state index contributed by atoms with van der Waals surface area (Å²) in [5.74, 6) is 0.0775. The van der Waals surface area contributed by atoms with Gasteiger partial charge in [-0.2, -0.15) is 0 Å². The van der Waals surface area contributed by atoms with Crippen molar-refractivity contribution in [3.05, 3.63) is 34.9 Å². The summed E-state index contributed by atoms with van der Waals surface area (Å²) in [5, 5.41) is 0. The van der Waals surface area contributed by atoms with Crippen molar-refractivity contribution < 1.29 is 4.79 Å². The average Bonchev–Trinajstić information content (AvgIpc) is 2.28. The van der Waals surface area contributed by atoms with Gasteiger partial charge in [0.15, 0.2) is 0 Å². The maximum Gasteiger partial charge on any atom is 0.238 e. The summed E-state index contributed by atoms with van der Waals surface area (Å²) in [4.78, 5) is 13.8. The Balaban J connectivity index is 2.41. The summed E-state index contributed by atoms with van der Waals surface area (Å²) in [5.41, 5.74) is 3.80. The summed E-state index contributed by atoms with van der Waals surface area (Å²) < 4.78 is 0. The topological polar surface area (TPSA) is 20.3 Å². The van der Waals surface area contributed by atoms with Crippen LogP contribution < -0.4 is 0 Å². The number of rotatable bonds is 1. The van der Waals surface area contributed by atoms with E-state index in [1.54, 1.807) is 0 Å². The van der Waals surface area contributed by atoms with E-state index < -0.39 is 0 Å². The third-order valence-electron chi connectivity index (χ3n) is 3.59. The molecule has 0 saturated heterocycles. The highest BCUT2D eigenvalue weighted by molar-refractivity contribution is 6.27. The molecule has 0 fully saturated rings. The molecule has 0 unspecified atom stereocenters. The highest BCUT2D eigenvalue weighted by Gasteiger charge is 2.35. The number of benzene rings is 1. The van der Waals surface area contributed by atoms with Crippen molar-refractivity contribution in [3.63, 3.8) is 0 Å². The number of fused-ring (bicyclic) bond motifs is 1. The Hall–Kier alpha value is -1.02. The predicted octanol–water partition coefficient (Wildman–Crippen LogP) is 2.90. The number of amides is 1. The molecule has 1 amide bonds. The largest absolute Gasteiger partial charge is 0.332 e. The second kappa shape index (κ2) is 4.34. The lowest BCUT2D eigenvalue weighted by Crippen LogP contribution is -2.52. The number of alkyl halides is 1. The molecule has 0 spiro atoms. The van der Waals surface area contributed by atoms with Crippen LogP contribution in [0.15, 0.2) is 18.2 Å². The summed E-state index contributed by atoms with van der Waals surface area (Å²) in [6.07, 6.45) is 0.900. The van der Waals surface area contributed by atoms with E-state index in [1.807, 2.05) is 4.90 Å². The first-order valence-electron chi connectivity index (χ1n) is 5.89. The van der Waals surface area contributed by atoms with Crippen molar-refractivity contribution >= 4 is 17.5 Å². The number of hydrogen-bond acceptors (Lipinski definition) is 1. The van der Waals surface area contributed by atoms with Crippen LogP contribution in [0.4, 0.5) is 0 Å². The van der Waals surface area contributed by atoms with Crippen LogP contribution in [-0.2, 0) is 17.8 Å². The van der Waals surface area contributed by atoms with Gasteiger partial charge in [-0.05, 0) is 43.9 Å². The Bertz CT molecular complexity index is 454. The highest BCUT2D eigenvalue weighted by atomic mass is 35.5. The minimum atomic E-state index is -0.148. The number of halogens is 1. The maximum absolute atomic E-state index is 11.9. The molecule has 2 rings (SSSR count). The second-order valence-electron chi connectivity index (χ2n) is 5.32. The van der Waals surface area contributed by atoms with Gasteiger partial charge in [-0.15, -0.1) is 11.6 Å². The van der Waals surface area contributed by atoms with Crippen molar-refractivity contribution in [2.45, 2.75) is 39.3 Å². The fraction of sp³-hybridized carbons (Fsp3) is 0.500. The fourth-order valence-electron chi connectivity index (χ4n) is 2.57. The van der Waals surface area contributed by atoms with Crippen LogP contribution >= 0.6 is 11.6 Å². The molecule has 0 N–H and O–H groups in total. The van der Waals surface area contributed by atoms with Gasteiger partial charge < -0.3 is 4.90 Å². The monoisotopic (exact) mass is 251 g/mol. The molecule has 1 aromatic rings. The number of hydrogen-bond donors (Lipinski definition) is 0. The Morgan fingerprint density at radius 3 is 2.82 bits per heavy atom. The highest BCUT2D eigenvalue weighted by Crippen LogP contribution is 2.32. The van der Waals surface area contributed by atoms with E-state index in [1.165, 1.54) is 16.7 Å². The SMILES string of the molecule is Cc1cccc2c1CC(C)(C)N(C(=O)CCl)C2.